The van der Waals surface area contributed by atoms with E-state index in [0.717, 1.165) is 22.5 Å². The minimum atomic E-state index is -3.84. The van der Waals surface area contributed by atoms with Crippen molar-refractivity contribution in [3.8, 4) is 0 Å². The van der Waals surface area contributed by atoms with Gasteiger partial charge in [-0.25, -0.2) is 26.3 Å². The summed E-state index contributed by atoms with van der Waals surface area (Å²) in [5.74, 6) is -4.15. The van der Waals surface area contributed by atoms with Gasteiger partial charge >= 0.3 is 5.97 Å². The molecule has 2 aromatic carbocycles. The molecule has 0 aliphatic heterocycles. The van der Waals surface area contributed by atoms with Crippen LogP contribution in [0.1, 0.15) is 10.4 Å². The number of hydrogen-bond donors (Lipinski definition) is 1. The van der Waals surface area contributed by atoms with Crippen molar-refractivity contribution < 1.29 is 31.5 Å². The number of nitrogens with one attached hydrogen (secondary N) is 1. The van der Waals surface area contributed by atoms with Crippen LogP contribution in [0.25, 0.3) is 0 Å². The van der Waals surface area contributed by atoms with Gasteiger partial charge in [0.2, 0.25) is 10.0 Å². The zero-order chi connectivity index (χ0) is 21.1. The normalized spacial score (nSPS) is 11.4. The summed E-state index contributed by atoms with van der Waals surface area (Å²) in [6.07, 6.45) is 0. The molecular formula is C17H15ClF2N2O5S. The van der Waals surface area contributed by atoms with Crippen molar-refractivity contribution >= 4 is 39.2 Å². The summed E-state index contributed by atoms with van der Waals surface area (Å²) in [6.45, 7) is -0.726. The Kier molecular flexibility index (Phi) is 6.70. The number of sulfonamides is 1. The fourth-order valence-electron chi connectivity index (χ4n) is 2.01. The smallest absolute Gasteiger partial charge is 0.338 e. The molecule has 0 saturated carbocycles. The van der Waals surface area contributed by atoms with Crippen LogP contribution in [0.2, 0.25) is 5.02 Å². The van der Waals surface area contributed by atoms with Gasteiger partial charge in [0.05, 0.1) is 10.6 Å². The van der Waals surface area contributed by atoms with Crippen LogP contribution in [-0.2, 0) is 19.6 Å². The van der Waals surface area contributed by atoms with Crippen LogP contribution >= 0.6 is 11.6 Å². The maximum absolute atomic E-state index is 13.1. The number of carbonyl (C=O) groups is 2. The summed E-state index contributed by atoms with van der Waals surface area (Å²) in [7, 11) is -1.18. The lowest BCUT2D eigenvalue weighted by molar-refractivity contribution is -0.119. The first kappa shape index (κ1) is 21.7. The molecule has 7 nitrogen and oxygen atoms in total. The molecule has 2 aromatic rings. The Bertz CT molecular complexity index is 1030. The molecular weight excluding hydrogens is 418 g/mol. The molecule has 0 aliphatic carbocycles. The van der Waals surface area contributed by atoms with Crippen LogP contribution in [-0.4, -0.2) is 45.3 Å². The third-order valence-electron chi connectivity index (χ3n) is 3.46. The predicted octanol–water partition coefficient (Wildman–Crippen LogP) is 2.66. The Morgan fingerprint density at radius 1 is 1.11 bits per heavy atom. The van der Waals surface area contributed by atoms with Gasteiger partial charge in [0.1, 0.15) is 4.90 Å². The second-order valence-corrected chi connectivity index (χ2v) is 8.21. The number of anilines is 1. The van der Waals surface area contributed by atoms with Crippen LogP contribution in [0, 0.1) is 11.6 Å². The average Bonchev–Trinajstić information content (AvgIpc) is 2.63. The van der Waals surface area contributed by atoms with Gasteiger partial charge in [0.25, 0.3) is 5.91 Å². The molecule has 0 bridgehead atoms. The van der Waals surface area contributed by atoms with Crippen molar-refractivity contribution in [1.82, 2.24) is 4.31 Å². The first-order valence-corrected chi connectivity index (χ1v) is 9.48. The molecule has 11 heteroatoms. The molecule has 1 amide bonds. The van der Waals surface area contributed by atoms with Crippen LogP contribution in [0.4, 0.5) is 14.5 Å². The largest absolute Gasteiger partial charge is 0.452 e. The van der Waals surface area contributed by atoms with Crippen molar-refractivity contribution in [2.24, 2.45) is 0 Å². The van der Waals surface area contributed by atoms with Crippen molar-refractivity contribution in [2.75, 3.05) is 26.0 Å². The molecule has 0 heterocycles. The van der Waals surface area contributed by atoms with Gasteiger partial charge in [-0.1, -0.05) is 11.6 Å². The average molecular weight is 433 g/mol. The van der Waals surface area contributed by atoms with E-state index in [-0.39, 0.29) is 21.2 Å². The van der Waals surface area contributed by atoms with E-state index in [1.54, 1.807) is 0 Å². The Morgan fingerprint density at radius 3 is 2.39 bits per heavy atom. The highest BCUT2D eigenvalue weighted by atomic mass is 35.5. The van der Waals surface area contributed by atoms with Crippen LogP contribution in [0.5, 0.6) is 0 Å². The second kappa shape index (κ2) is 8.63. The number of halogens is 3. The molecule has 0 aliphatic rings. The van der Waals surface area contributed by atoms with Gasteiger partial charge < -0.3 is 10.1 Å². The van der Waals surface area contributed by atoms with Gasteiger partial charge in [0.15, 0.2) is 18.2 Å². The van der Waals surface area contributed by atoms with E-state index >= 15 is 0 Å². The molecule has 2 rings (SSSR count). The summed E-state index contributed by atoms with van der Waals surface area (Å²) in [4.78, 5) is 23.5. The third kappa shape index (κ3) is 5.03. The van der Waals surface area contributed by atoms with E-state index in [1.165, 1.54) is 26.2 Å². The van der Waals surface area contributed by atoms with E-state index in [2.05, 4.69) is 5.32 Å². The van der Waals surface area contributed by atoms with E-state index in [1.807, 2.05) is 0 Å². The lowest BCUT2D eigenvalue weighted by atomic mass is 10.2. The highest BCUT2D eigenvalue weighted by molar-refractivity contribution is 7.89. The van der Waals surface area contributed by atoms with Crippen molar-refractivity contribution in [3.63, 3.8) is 0 Å². The van der Waals surface area contributed by atoms with Gasteiger partial charge in [-0.15, -0.1) is 0 Å². The summed E-state index contributed by atoms with van der Waals surface area (Å²) in [5, 5.41) is 2.32. The number of ether oxygens (including phenoxy) is 1. The zero-order valence-corrected chi connectivity index (χ0v) is 16.3. The standard InChI is InChI=1S/C17H15ClF2N2O5S/c1-22(2)28(25,26)15-8-11(4-5-12(15)18)21-16(23)9-27-17(24)10-3-6-13(19)14(20)7-10/h3-8H,9H2,1-2H3,(H,21,23). The van der Waals surface area contributed by atoms with E-state index in [0.29, 0.717) is 6.07 Å². The number of carbonyl (C=O) groups excluding carboxylic acids is 2. The Labute approximate surface area is 164 Å². The topological polar surface area (TPSA) is 92.8 Å². The first-order valence-electron chi connectivity index (χ1n) is 7.66. The lowest BCUT2D eigenvalue weighted by Crippen LogP contribution is -2.23. The molecule has 0 radical (unpaired) electrons. The second-order valence-electron chi connectivity index (χ2n) is 5.69. The van der Waals surface area contributed by atoms with Crippen LogP contribution in [0.3, 0.4) is 0 Å². The van der Waals surface area contributed by atoms with Gasteiger partial charge in [0, 0.05) is 19.8 Å². The van der Waals surface area contributed by atoms with Crippen molar-refractivity contribution in [2.45, 2.75) is 4.90 Å². The molecule has 0 unspecified atom stereocenters. The molecule has 28 heavy (non-hydrogen) atoms. The number of benzene rings is 2. The summed E-state index contributed by atoms with van der Waals surface area (Å²) in [6, 6.07) is 6.23. The Hall–Kier alpha value is -2.56. The Morgan fingerprint density at radius 2 is 1.79 bits per heavy atom. The Balaban J connectivity index is 2.05. The molecule has 150 valence electrons. The number of nitrogens with zero attached hydrogens (tertiary/aromatic N) is 1. The van der Waals surface area contributed by atoms with Gasteiger partial charge in [-0.3, -0.25) is 4.79 Å². The number of amides is 1. The number of hydrogen-bond acceptors (Lipinski definition) is 5. The lowest BCUT2D eigenvalue weighted by Gasteiger charge is -2.14. The van der Waals surface area contributed by atoms with E-state index in [4.69, 9.17) is 16.3 Å². The fourth-order valence-corrected chi connectivity index (χ4v) is 3.40. The number of esters is 1. The first-order chi connectivity index (χ1) is 13.0. The minimum Gasteiger partial charge on any atom is -0.452 e. The predicted molar refractivity (Wildman–Crippen MR) is 97.6 cm³/mol. The van der Waals surface area contributed by atoms with E-state index in [9.17, 15) is 26.8 Å². The van der Waals surface area contributed by atoms with Crippen molar-refractivity contribution in [1.29, 1.82) is 0 Å². The molecule has 0 atom stereocenters. The highest BCUT2D eigenvalue weighted by Gasteiger charge is 2.21. The zero-order valence-electron chi connectivity index (χ0n) is 14.7. The van der Waals surface area contributed by atoms with Crippen molar-refractivity contribution in [3.05, 3.63) is 58.6 Å². The molecule has 1 N–H and O–H groups in total. The van der Waals surface area contributed by atoms with Crippen LogP contribution in [0.15, 0.2) is 41.3 Å². The molecule has 0 aromatic heterocycles. The third-order valence-corrected chi connectivity index (χ3v) is 5.76. The van der Waals surface area contributed by atoms with E-state index < -0.39 is 40.1 Å². The summed E-state index contributed by atoms with van der Waals surface area (Å²) in [5.41, 5.74) is -0.156. The summed E-state index contributed by atoms with van der Waals surface area (Å²) < 4.78 is 56.1. The SMILES string of the molecule is CN(C)S(=O)(=O)c1cc(NC(=O)COC(=O)c2ccc(F)c(F)c2)ccc1Cl. The highest BCUT2D eigenvalue weighted by Crippen LogP contribution is 2.26. The molecule has 0 fully saturated rings. The van der Waals surface area contributed by atoms with Gasteiger partial charge in [-0.05, 0) is 36.4 Å². The monoisotopic (exact) mass is 432 g/mol. The minimum absolute atomic E-state index is 0.0311. The number of rotatable bonds is 6. The maximum Gasteiger partial charge on any atom is 0.338 e. The van der Waals surface area contributed by atoms with Gasteiger partial charge in [-0.2, -0.15) is 0 Å². The quantitative estimate of drug-likeness (QED) is 0.708. The van der Waals surface area contributed by atoms with Crippen LogP contribution < -0.4 is 5.32 Å². The molecule has 0 spiro atoms. The maximum atomic E-state index is 13.1. The fraction of sp³-hybridized carbons (Fsp3) is 0.176. The molecule has 0 saturated heterocycles. The summed E-state index contributed by atoms with van der Waals surface area (Å²) >= 11 is 5.91.